The van der Waals surface area contributed by atoms with Gasteiger partial charge in [0.05, 0.1) is 18.8 Å². The molecule has 0 saturated carbocycles. The van der Waals surface area contributed by atoms with E-state index in [-0.39, 0.29) is 24.7 Å². The fourth-order valence-corrected chi connectivity index (χ4v) is 4.20. The van der Waals surface area contributed by atoms with Crippen LogP contribution in [0.1, 0.15) is 32.3 Å². The van der Waals surface area contributed by atoms with Crippen molar-refractivity contribution in [3.05, 3.63) is 35.4 Å². The van der Waals surface area contributed by atoms with Gasteiger partial charge in [-0.15, -0.1) is 0 Å². The molecule has 150 valence electrons. The first kappa shape index (κ1) is 20.2. The largest absolute Gasteiger partial charge is 0.373 e. The van der Waals surface area contributed by atoms with Crippen molar-refractivity contribution in [1.82, 2.24) is 15.1 Å². The Balaban J connectivity index is 1.47. The summed E-state index contributed by atoms with van der Waals surface area (Å²) in [5.74, 6) is -1.38. The maximum absolute atomic E-state index is 13.2. The molecule has 5 nitrogen and oxygen atoms in total. The lowest BCUT2D eigenvalue weighted by atomic mass is 10.1. The number of carbonyl (C=O) groups excluding carboxylic acids is 1. The van der Waals surface area contributed by atoms with Gasteiger partial charge in [0.1, 0.15) is 11.6 Å². The van der Waals surface area contributed by atoms with Crippen molar-refractivity contribution in [1.29, 1.82) is 0 Å². The van der Waals surface area contributed by atoms with E-state index >= 15 is 0 Å². The van der Waals surface area contributed by atoms with Crippen LogP contribution in [0.25, 0.3) is 0 Å². The molecule has 1 N–H and O–H groups in total. The van der Waals surface area contributed by atoms with Crippen LogP contribution < -0.4 is 5.32 Å². The third kappa shape index (κ3) is 5.96. The summed E-state index contributed by atoms with van der Waals surface area (Å²) in [6, 6.07) is 3.67. The summed E-state index contributed by atoms with van der Waals surface area (Å²) < 4.78 is 32.3. The minimum atomic E-state index is -0.632. The standard InChI is InChI=1S/C20H29F2N3O2/c1-14-10-24(11-15(2)27-14)12-19-4-3-5-25(19)13-20(26)23-9-16-6-17(21)8-18(22)7-16/h6-8,14-15,19H,3-5,9-13H2,1-2H3,(H,23,26). The van der Waals surface area contributed by atoms with Crippen molar-refractivity contribution in [2.45, 2.75) is 51.5 Å². The molecule has 27 heavy (non-hydrogen) atoms. The van der Waals surface area contributed by atoms with Crippen molar-refractivity contribution in [2.75, 3.05) is 32.7 Å². The number of likely N-dealkylation sites (tertiary alicyclic amines) is 1. The molecule has 0 spiro atoms. The predicted molar refractivity (Wildman–Crippen MR) is 99.2 cm³/mol. The number of nitrogens with one attached hydrogen (secondary N) is 1. The van der Waals surface area contributed by atoms with Crippen LogP contribution in [-0.2, 0) is 16.1 Å². The second kappa shape index (κ2) is 9.08. The van der Waals surface area contributed by atoms with Gasteiger partial charge in [-0.3, -0.25) is 14.6 Å². The van der Waals surface area contributed by atoms with Crippen molar-refractivity contribution >= 4 is 5.91 Å². The minimum absolute atomic E-state index is 0.115. The highest BCUT2D eigenvalue weighted by Crippen LogP contribution is 2.20. The normalized spacial score (nSPS) is 27.0. The Hall–Kier alpha value is -1.57. The Bertz CT molecular complexity index is 628. The van der Waals surface area contributed by atoms with Crippen molar-refractivity contribution < 1.29 is 18.3 Å². The molecule has 2 saturated heterocycles. The quantitative estimate of drug-likeness (QED) is 0.820. The maximum Gasteiger partial charge on any atom is 0.234 e. The van der Waals surface area contributed by atoms with Gasteiger partial charge < -0.3 is 10.1 Å². The van der Waals surface area contributed by atoms with E-state index in [9.17, 15) is 13.6 Å². The lowest BCUT2D eigenvalue weighted by molar-refractivity contribution is -0.123. The van der Waals surface area contributed by atoms with E-state index in [0.29, 0.717) is 18.2 Å². The molecule has 3 atom stereocenters. The van der Waals surface area contributed by atoms with Crippen LogP contribution in [-0.4, -0.2) is 66.7 Å². The SMILES string of the molecule is CC1CN(CC2CCCN2CC(=O)NCc2cc(F)cc(F)c2)CC(C)O1. The molecule has 0 aromatic heterocycles. The maximum atomic E-state index is 13.2. The molecule has 3 rings (SSSR count). The Morgan fingerprint density at radius 3 is 2.52 bits per heavy atom. The van der Waals surface area contributed by atoms with Gasteiger partial charge in [0, 0.05) is 38.3 Å². The van der Waals surface area contributed by atoms with Gasteiger partial charge in [-0.25, -0.2) is 8.78 Å². The summed E-state index contributed by atoms with van der Waals surface area (Å²) in [5.41, 5.74) is 0.426. The second-order valence-corrected chi connectivity index (χ2v) is 7.80. The van der Waals surface area contributed by atoms with Gasteiger partial charge in [0.15, 0.2) is 0 Å². The average molecular weight is 381 g/mol. The zero-order chi connectivity index (χ0) is 19.4. The molecular weight excluding hydrogens is 352 g/mol. The van der Waals surface area contributed by atoms with Gasteiger partial charge in [-0.2, -0.15) is 0 Å². The fourth-order valence-electron chi connectivity index (χ4n) is 4.20. The molecule has 7 heteroatoms. The highest BCUT2D eigenvalue weighted by molar-refractivity contribution is 5.78. The highest BCUT2D eigenvalue weighted by Gasteiger charge is 2.30. The monoisotopic (exact) mass is 381 g/mol. The number of hydrogen-bond donors (Lipinski definition) is 1. The van der Waals surface area contributed by atoms with Crippen molar-refractivity contribution in [3.8, 4) is 0 Å². The molecule has 1 aromatic carbocycles. The molecule has 0 aliphatic carbocycles. The summed E-state index contributed by atoms with van der Waals surface area (Å²) >= 11 is 0. The summed E-state index contributed by atoms with van der Waals surface area (Å²) in [6.07, 6.45) is 2.64. The molecule has 0 bridgehead atoms. The smallest absolute Gasteiger partial charge is 0.234 e. The van der Waals surface area contributed by atoms with Crippen molar-refractivity contribution in [3.63, 3.8) is 0 Å². The summed E-state index contributed by atoms with van der Waals surface area (Å²) in [4.78, 5) is 17.0. The average Bonchev–Trinajstić information content (AvgIpc) is 2.98. The number of carbonyl (C=O) groups is 1. The number of ether oxygens (including phenoxy) is 1. The summed E-state index contributed by atoms with van der Waals surface area (Å²) in [6.45, 7) is 8.33. The topological polar surface area (TPSA) is 44.8 Å². The van der Waals surface area contributed by atoms with Crippen LogP contribution in [0.3, 0.4) is 0 Å². The lowest BCUT2D eigenvalue weighted by Gasteiger charge is -2.38. The van der Waals surface area contributed by atoms with E-state index < -0.39 is 11.6 Å². The zero-order valence-electron chi connectivity index (χ0n) is 16.1. The number of nitrogens with zero attached hydrogens (tertiary/aromatic N) is 2. The number of halogens is 2. The second-order valence-electron chi connectivity index (χ2n) is 7.80. The van der Waals surface area contributed by atoms with Gasteiger partial charge in [-0.05, 0) is 50.9 Å². The number of morpholine rings is 1. The van der Waals surface area contributed by atoms with Crippen LogP contribution in [0.4, 0.5) is 8.78 Å². The minimum Gasteiger partial charge on any atom is -0.373 e. The molecule has 0 radical (unpaired) electrons. The van der Waals surface area contributed by atoms with E-state index in [0.717, 1.165) is 45.1 Å². The first-order chi connectivity index (χ1) is 12.9. The summed E-state index contributed by atoms with van der Waals surface area (Å²) in [5, 5.41) is 2.77. The molecule has 2 fully saturated rings. The van der Waals surface area contributed by atoms with Crippen LogP contribution in [0.2, 0.25) is 0 Å². The molecule has 2 heterocycles. The first-order valence-corrected chi connectivity index (χ1v) is 9.72. The summed E-state index contributed by atoms with van der Waals surface area (Å²) in [7, 11) is 0. The Morgan fingerprint density at radius 2 is 1.85 bits per heavy atom. The fraction of sp³-hybridized carbons (Fsp3) is 0.650. The number of hydrogen-bond acceptors (Lipinski definition) is 4. The Labute approximate surface area is 159 Å². The number of amides is 1. The molecule has 2 aliphatic heterocycles. The zero-order valence-corrected chi connectivity index (χ0v) is 16.1. The van der Waals surface area contributed by atoms with Crippen LogP contribution >= 0.6 is 0 Å². The lowest BCUT2D eigenvalue weighted by Crippen LogP contribution is -2.51. The molecular formula is C20H29F2N3O2. The molecule has 3 unspecified atom stereocenters. The predicted octanol–water partition coefficient (Wildman–Crippen LogP) is 2.15. The van der Waals surface area contributed by atoms with E-state index in [1.807, 2.05) is 0 Å². The van der Waals surface area contributed by atoms with Gasteiger partial charge in [0.2, 0.25) is 5.91 Å². The molecule has 2 aliphatic rings. The third-order valence-corrected chi connectivity index (χ3v) is 5.22. The highest BCUT2D eigenvalue weighted by atomic mass is 19.1. The third-order valence-electron chi connectivity index (χ3n) is 5.22. The van der Waals surface area contributed by atoms with E-state index in [1.165, 1.54) is 12.1 Å². The molecule has 1 amide bonds. The van der Waals surface area contributed by atoms with Gasteiger partial charge >= 0.3 is 0 Å². The van der Waals surface area contributed by atoms with Crippen molar-refractivity contribution in [2.24, 2.45) is 0 Å². The van der Waals surface area contributed by atoms with E-state index in [1.54, 1.807) is 0 Å². The van der Waals surface area contributed by atoms with Gasteiger partial charge in [0.25, 0.3) is 0 Å². The van der Waals surface area contributed by atoms with Crippen LogP contribution in [0.5, 0.6) is 0 Å². The Kier molecular flexibility index (Phi) is 6.78. The number of benzene rings is 1. The number of rotatable bonds is 6. The van der Waals surface area contributed by atoms with Crippen LogP contribution in [0.15, 0.2) is 18.2 Å². The first-order valence-electron chi connectivity index (χ1n) is 9.72. The Morgan fingerprint density at radius 1 is 1.19 bits per heavy atom. The molecule has 1 aromatic rings. The van der Waals surface area contributed by atoms with E-state index in [2.05, 4.69) is 29.0 Å². The van der Waals surface area contributed by atoms with Gasteiger partial charge in [-0.1, -0.05) is 0 Å². The van der Waals surface area contributed by atoms with Crippen LogP contribution in [0, 0.1) is 11.6 Å². The van der Waals surface area contributed by atoms with E-state index in [4.69, 9.17) is 4.74 Å².